The zero-order valence-corrected chi connectivity index (χ0v) is 22.3. The second-order valence-corrected chi connectivity index (χ2v) is 10.8. The predicted molar refractivity (Wildman–Crippen MR) is 143 cm³/mol. The second kappa shape index (κ2) is 9.47. The first-order valence-corrected chi connectivity index (χ1v) is 12.9. The van der Waals surface area contributed by atoms with Gasteiger partial charge in [-0.15, -0.1) is 0 Å². The highest BCUT2D eigenvalue weighted by atomic mass is 19.4. The van der Waals surface area contributed by atoms with Crippen molar-refractivity contribution in [3.8, 4) is 11.8 Å². The van der Waals surface area contributed by atoms with E-state index in [1.807, 2.05) is 11.0 Å². The van der Waals surface area contributed by atoms with Gasteiger partial charge in [-0.05, 0) is 76.3 Å². The number of nitrogens with zero attached hydrogens (tertiary/aromatic N) is 3. The van der Waals surface area contributed by atoms with E-state index in [0.29, 0.717) is 30.5 Å². The number of hydrogen-bond donors (Lipinski definition) is 3. The van der Waals surface area contributed by atoms with Crippen LogP contribution in [0.5, 0.6) is 0 Å². The van der Waals surface area contributed by atoms with Gasteiger partial charge in [-0.25, -0.2) is 4.39 Å². The summed E-state index contributed by atoms with van der Waals surface area (Å²) in [5.41, 5.74) is -1.23. The fourth-order valence-corrected chi connectivity index (χ4v) is 5.00. The number of carbonyl (C=O) groups excluding carboxylic acids is 1. The highest BCUT2D eigenvalue weighted by Gasteiger charge is 2.64. The lowest BCUT2D eigenvalue weighted by Crippen LogP contribution is -2.51. The summed E-state index contributed by atoms with van der Waals surface area (Å²) in [5.74, 6) is 4.85. The Labute approximate surface area is 228 Å². The third-order valence-electron chi connectivity index (χ3n) is 7.44. The first kappa shape index (κ1) is 27.4. The smallest absolute Gasteiger partial charge is 0.341 e. The van der Waals surface area contributed by atoms with Crippen LogP contribution in [0.2, 0.25) is 0 Å². The van der Waals surface area contributed by atoms with Gasteiger partial charge in [0.2, 0.25) is 11.5 Å². The van der Waals surface area contributed by atoms with Gasteiger partial charge < -0.3 is 10.2 Å². The van der Waals surface area contributed by atoms with Crippen molar-refractivity contribution in [1.29, 1.82) is 10.8 Å². The van der Waals surface area contributed by atoms with Crippen LogP contribution in [0, 0.1) is 33.9 Å². The molecule has 0 atom stereocenters. The molecule has 1 aromatic heterocycles. The largest absolute Gasteiger partial charge is 0.411 e. The van der Waals surface area contributed by atoms with Crippen LogP contribution in [0.15, 0.2) is 36.4 Å². The zero-order chi connectivity index (χ0) is 29.0. The molecule has 2 heterocycles. The molecule has 208 valence electrons. The first-order chi connectivity index (χ1) is 18.8. The number of aromatic nitrogens is 2. The van der Waals surface area contributed by atoms with E-state index in [-0.39, 0.29) is 35.5 Å². The molecule has 0 unspecified atom stereocenters. The standard InChI is InChI=1S/C29H28F4N6O/c1-17(34)39-22-11-5-9-20(30)23(22)24(36-26(39)35)38-16-6-8-19-18(7-4-10-21(19)38)12-13-27(2,3)25(40)37-28(14-15-28)29(31,32)33/h4-5,7,9-11,34-35H,6,8,14-16H2,1-3H3,(H,37,40). The predicted octanol–water partition coefficient (Wildman–Crippen LogP) is 5.17. The first-order valence-electron chi connectivity index (χ1n) is 12.9. The molecule has 0 bridgehead atoms. The third kappa shape index (κ3) is 4.61. The lowest BCUT2D eigenvalue weighted by Gasteiger charge is -2.32. The number of amides is 1. The molecule has 5 rings (SSSR count). The molecule has 1 fully saturated rings. The summed E-state index contributed by atoms with van der Waals surface area (Å²) in [5, 5.41) is 18.9. The van der Waals surface area contributed by atoms with Crippen molar-refractivity contribution < 1.29 is 22.4 Å². The normalized spacial score (nSPS) is 16.1. The Balaban J connectivity index is 1.54. The Morgan fingerprint density at radius 3 is 2.50 bits per heavy atom. The zero-order valence-electron chi connectivity index (χ0n) is 22.3. The number of hydrogen-bond acceptors (Lipinski definition) is 5. The number of nitrogens with one attached hydrogen (secondary N) is 3. The van der Waals surface area contributed by atoms with E-state index in [4.69, 9.17) is 10.8 Å². The molecule has 40 heavy (non-hydrogen) atoms. The molecule has 0 spiro atoms. The maximum atomic E-state index is 15.2. The Morgan fingerprint density at radius 1 is 1.15 bits per heavy atom. The molecule has 0 saturated heterocycles. The van der Waals surface area contributed by atoms with Gasteiger partial charge in [0.05, 0.1) is 10.9 Å². The monoisotopic (exact) mass is 552 g/mol. The average Bonchev–Trinajstić information content (AvgIpc) is 3.67. The van der Waals surface area contributed by atoms with Crippen LogP contribution >= 0.6 is 0 Å². The third-order valence-corrected chi connectivity index (χ3v) is 7.44. The molecule has 1 saturated carbocycles. The molecular formula is C29H28F4N6O. The number of benzene rings is 2. The van der Waals surface area contributed by atoms with E-state index < -0.39 is 28.9 Å². The summed E-state index contributed by atoms with van der Waals surface area (Å²) >= 11 is 0. The molecule has 1 aliphatic heterocycles. The van der Waals surface area contributed by atoms with Crippen LogP contribution in [0.25, 0.3) is 10.9 Å². The fourth-order valence-electron chi connectivity index (χ4n) is 5.00. The van der Waals surface area contributed by atoms with Crippen molar-refractivity contribution >= 4 is 34.2 Å². The van der Waals surface area contributed by atoms with Gasteiger partial charge in [-0.2, -0.15) is 18.2 Å². The van der Waals surface area contributed by atoms with E-state index in [1.54, 1.807) is 18.2 Å². The number of alkyl halides is 3. The number of fused-ring (bicyclic) bond motifs is 2. The van der Waals surface area contributed by atoms with Crippen molar-refractivity contribution in [2.75, 3.05) is 11.4 Å². The molecule has 7 nitrogen and oxygen atoms in total. The van der Waals surface area contributed by atoms with Gasteiger partial charge in [0.25, 0.3) is 0 Å². The maximum Gasteiger partial charge on any atom is 0.411 e. The van der Waals surface area contributed by atoms with Crippen LogP contribution in [-0.4, -0.2) is 39.6 Å². The van der Waals surface area contributed by atoms with Crippen molar-refractivity contribution in [3.05, 3.63) is 59.0 Å². The molecular weight excluding hydrogens is 524 g/mol. The average molecular weight is 553 g/mol. The minimum absolute atomic E-state index is 0.0331. The van der Waals surface area contributed by atoms with Crippen molar-refractivity contribution in [3.63, 3.8) is 0 Å². The highest BCUT2D eigenvalue weighted by Crippen LogP contribution is 2.49. The van der Waals surface area contributed by atoms with Crippen LogP contribution in [0.3, 0.4) is 0 Å². The molecule has 0 radical (unpaired) electrons. The van der Waals surface area contributed by atoms with Crippen molar-refractivity contribution in [2.45, 2.75) is 58.2 Å². The Morgan fingerprint density at radius 2 is 1.85 bits per heavy atom. The van der Waals surface area contributed by atoms with Crippen LogP contribution < -0.4 is 15.8 Å². The molecule has 3 aromatic rings. The lowest BCUT2D eigenvalue weighted by atomic mass is 9.90. The van der Waals surface area contributed by atoms with Crippen LogP contribution in [0.4, 0.5) is 29.1 Å². The number of anilines is 2. The molecule has 3 N–H and O–H groups in total. The lowest BCUT2D eigenvalue weighted by molar-refractivity contribution is -0.172. The molecule has 11 heteroatoms. The number of rotatable bonds is 3. The highest BCUT2D eigenvalue weighted by molar-refractivity contribution is 5.98. The van der Waals surface area contributed by atoms with Crippen molar-refractivity contribution in [1.82, 2.24) is 14.9 Å². The van der Waals surface area contributed by atoms with Crippen LogP contribution in [-0.2, 0) is 11.2 Å². The second-order valence-electron chi connectivity index (χ2n) is 10.8. The van der Waals surface area contributed by atoms with Gasteiger partial charge in [0.15, 0.2) is 0 Å². The van der Waals surface area contributed by atoms with Crippen molar-refractivity contribution in [2.24, 2.45) is 5.41 Å². The van der Waals surface area contributed by atoms with E-state index >= 15 is 4.39 Å². The Hall–Kier alpha value is -4.20. The number of carbonyl (C=O) groups is 1. The molecule has 2 aliphatic rings. The van der Waals surface area contributed by atoms with Gasteiger partial charge in [-0.3, -0.25) is 20.2 Å². The van der Waals surface area contributed by atoms with Gasteiger partial charge in [0.1, 0.15) is 28.4 Å². The summed E-state index contributed by atoms with van der Waals surface area (Å²) < 4.78 is 56.6. The Kier molecular flexibility index (Phi) is 6.48. The molecule has 1 amide bonds. The number of halogens is 4. The van der Waals surface area contributed by atoms with E-state index in [9.17, 15) is 18.0 Å². The molecule has 1 aliphatic carbocycles. The summed E-state index contributed by atoms with van der Waals surface area (Å²) in [4.78, 5) is 19.0. The summed E-state index contributed by atoms with van der Waals surface area (Å²) in [7, 11) is 0. The van der Waals surface area contributed by atoms with E-state index in [0.717, 1.165) is 11.3 Å². The minimum atomic E-state index is -4.52. The van der Waals surface area contributed by atoms with Gasteiger partial charge in [0, 0.05) is 17.8 Å². The maximum absolute atomic E-state index is 15.2. The quantitative estimate of drug-likeness (QED) is 0.181. The molecule has 2 aromatic carbocycles. The SMILES string of the molecule is CC(=N)n1c(=N)nc(N2CCCc3c(C#CC(C)(C)C(=O)NC4(C(F)(F)F)CC4)cccc32)c2c(F)cccc21. The summed E-state index contributed by atoms with van der Waals surface area (Å²) in [6.45, 7) is 4.98. The topological polar surface area (TPSA) is 97.9 Å². The van der Waals surface area contributed by atoms with Gasteiger partial charge >= 0.3 is 6.18 Å². The van der Waals surface area contributed by atoms with Gasteiger partial charge in [-0.1, -0.05) is 24.0 Å². The van der Waals surface area contributed by atoms with E-state index in [2.05, 4.69) is 22.1 Å². The van der Waals surface area contributed by atoms with E-state index in [1.165, 1.54) is 37.5 Å². The van der Waals surface area contributed by atoms with Crippen LogP contribution in [0.1, 0.15) is 51.2 Å². The minimum Gasteiger partial charge on any atom is -0.341 e. The fraction of sp³-hybridized carbons (Fsp3) is 0.379. The Bertz CT molecular complexity index is 1670. The summed E-state index contributed by atoms with van der Waals surface area (Å²) in [6.07, 6.45) is -3.49. The summed E-state index contributed by atoms with van der Waals surface area (Å²) in [6, 6.07) is 9.87.